The van der Waals surface area contributed by atoms with Crippen LogP contribution in [0.5, 0.6) is 5.75 Å². The second kappa shape index (κ2) is 3.94. The van der Waals surface area contributed by atoms with E-state index >= 15 is 0 Å². The van der Waals surface area contributed by atoms with Crippen molar-refractivity contribution in [1.82, 2.24) is 0 Å². The molecule has 54 valence electrons. The quantitative estimate of drug-likeness (QED) is 0.628. The van der Waals surface area contributed by atoms with E-state index in [9.17, 15) is 0 Å². The molecule has 0 unspecified atom stereocenters. The summed E-state index contributed by atoms with van der Waals surface area (Å²) in [6.07, 6.45) is 0.724. The number of benzene rings is 1. The Bertz CT molecular complexity index is 348. The van der Waals surface area contributed by atoms with E-state index in [1.807, 2.05) is 6.92 Å². The molecule has 1 nitrogen and oxygen atoms in total. The lowest BCUT2D eigenvalue weighted by atomic mass is 10.3. The van der Waals surface area contributed by atoms with Crippen LogP contribution in [0.3, 0.4) is 0 Å². The Labute approximate surface area is 68.7 Å². The molecule has 0 aliphatic rings. The van der Waals surface area contributed by atoms with E-state index in [0.717, 1.165) is 6.42 Å². The van der Waals surface area contributed by atoms with Gasteiger partial charge in [0.2, 0.25) is 0 Å². The molecule has 0 N–H and O–H groups in total. The Hall–Kier alpha value is -0.980. The first-order chi connectivity index (χ1) is 7.00. The molecule has 1 rings (SSSR count). The van der Waals surface area contributed by atoms with Crippen LogP contribution in [0, 0.1) is 0 Å². The smallest absolute Gasteiger partial charge is 0.119 e. The Kier molecular flexibility index (Phi) is 1.16. The number of hydrogen-bond donors (Lipinski definition) is 0. The molecule has 1 aromatic rings. The van der Waals surface area contributed by atoms with E-state index in [-0.39, 0.29) is 29.9 Å². The van der Waals surface area contributed by atoms with Crippen LogP contribution in [-0.2, 0) is 0 Å². The van der Waals surface area contributed by atoms with Gasteiger partial charge in [-0.2, -0.15) is 0 Å². The van der Waals surface area contributed by atoms with E-state index in [1.54, 1.807) is 0 Å². The van der Waals surface area contributed by atoms with Crippen LogP contribution in [-0.4, -0.2) is 6.61 Å². The lowest BCUT2D eigenvalue weighted by Gasteiger charge is -2.01. The molecular formula is C9H12O. The van der Waals surface area contributed by atoms with Gasteiger partial charge in [-0.15, -0.1) is 0 Å². The molecule has 0 fully saturated rings. The first-order valence-corrected chi connectivity index (χ1v) is 3.20. The molecular weight excluding hydrogens is 124 g/mol. The highest BCUT2D eigenvalue weighted by molar-refractivity contribution is 5.20. The predicted molar refractivity (Wildman–Crippen MR) is 42.2 cm³/mol. The van der Waals surface area contributed by atoms with Crippen molar-refractivity contribution in [2.24, 2.45) is 0 Å². The lowest BCUT2D eigenvalue weighted by Crippen LogP contribution is -1.93. The first-order valence-electron chi connectivity index (χ1n) is 5.70. The van der Waals surface area contributed by atoms with Crippen molar-refractivity contribution in [3.63, 3.8) is 0 Å². The third kappa shape index (κ3) is 2.09. The Morgan fingerprint density at radius 2 is 2.10 bits per heavy atom. The summed E-state index contributed by atoms with van der Waals surface area (Å²) in [5, 5.41) is 0. The minimum Gasteiger partial charge on any atom is -0.494 e. The molecule has 1 heteroatoms. The fourth-order valence-corrected chi connectivity index (χ4v) is 0.515. The zero-order chi connectivity index (χ0) is 11.6. The topological polar surface area (TPSA) is 9.23 Å². The predicted octanol–water partition coefficient (Wildman–Crippen LogP) is 2.48. The van der Waals surface area contributed by atoms with Crippen LogP contribution >= 0.6 is 0 Å². The molecule has 0 saturated heterocycles. The van der Waals surface area contributed by atoms with E-state index in [1.165, 1.54) is 0 Å². The standard InChI is InChI=1S/C9H12O/c1-2-8-10-9-6-4-3-5-7-9/h3-7H,2,8H2,1H3/i3D,4D,5D,6D,7D. The average Bonchev–Trinajstić information content (AvgIpc) is 2.24. The summed E-state index contributed by atoms with van der Waals surface area (Å²) in [4.78, 5) is 0. The summed E-state index contributed by atoms with van der Waals surface area (Å²) in [6, 6.07) is -1.68. The monoisotopic (exact) mass is 141 g/mol. The van der Waals surface area contributed by atoms with Crippen LogP contribution in [0.2, 0.25) is 0 Å². The van der Waals surface area contributed by atoms with Crippen molar-refractivity contribution in [3.8, 4) is 5.75 Å². The summed E-state index contributed by atoms with van der Waals surface area (Å²) in [5.74, 6) is -0.0668. The van der Waals surface area contributed by atoms with Gasteiger partial charge in [-0.05, 0) is 18.5 Å². The SMILES string of the molecule is [2H]c1c([2H])c([2H])c(OCCC)c([2H])c1[2H]. The summed E-state index contributed by atoms with van der Waals surface area (Å²) in [7, 11) is 0. The summed E-state index contributed by atoms with van der Waals surface area (Å²) >= 11 is 0. The van der Waals surface area contributed by atoms with Crippen molar-refractivity contribution in [2.45, 2.75) is 13.3 Å². The fourth-order valence-electron chi connectivity index (χ4n) is 0.515. The van der Waals surface area contributed by atoms with Crippen LogP contribution in [0.1, 0.15) is 20.2 Å². The molecule has 0 saturated carbocycles. The van der Waals surface area contributed by atoms with Gasteiger partial charge in [-0.1, -0.05) is 25.1 Å². The molecule has 0 atom stereocenters. The van der Waals surface area contributed by atoms with Crippen LogP contribution < -0.4 is 4.74 Å². The van der Waals surface area contributed by atoms with Crippen molar-refractivity contribution in [2.75, 3.05) is 6.61 Å². The van der Waals surface area contributed by atoms with Gasteiger partial charge < -0.3 is 4.74 Å². The van der Waals surface area contributed by atoms with E-state index < -0.39 is 6.04 Å². The normalized spacial score (nSPS) is 16.3. The van der Waals surface area contributed by atoms with Gasteiger partial charge in [0.1, 0.15) is 5.75 Å². The minimum absolute atomic E-state index is 0.0668. The van der Waals surface area contributed by atoms with Gasteiger partial charge in [0.05, 0.1) is 13.5 Å². The third-order valence-corrected chi connectivity index (χ3v) is 0.928. The Morgan fingerprint density at radius 1 is 1.40 bits per heavy atom. The zero-order valence-corrected chi connectivity index (χ0v) is 5.82. The van der Waals surface area contributed by atoms with Gasteiger partial charge in [-0.3, -0.25) is 0 Å². The number of rotatable bonds is 3. The molecule has 0 amide bonds. The molecule has 0 radical (unpaired) electrons. The lowest BCUT2D eigenvalue weighted by molar-refractivity contribution is 0.317. The molecule has 0 aromatic heterocycles. The largest absolute Gasteiger partial charge is 0.494 e. The van der Waals surface area contributed by atoms with Crippen LogP contribution in [0.25, 0.3) is 0 Å². The second-order valence-electron chi connectivity index (χ2n) is 1.80. The maximum absolute atomic E-state index is 7.52. The molecule has 0 spiro atoms. The first kappa shape index (κ1) is 2.95. The number of hydrogen-bond acceptors (Lipinski definition) is 1. The van der Waals surface area contributed by atoms with Crippen molar-refractivity contribution in [1.29, 1.82) is 0 Å². The average molecular weight is 141 g/mol. The Balaban J connectivity index is 3.26. The fraction of sp³-hybridized carbons (Fsp3) is 0.333. The maximum atomic E-state index is 7.52. The van der Waals surface area contributed by atoms with Gasteiger partial charge in [0, 0.05) is 0 Å². The van der Waals surface area contributed by atoms with Gasteiger partial charge >= 0.3 is 0 Å². The maximum Gasteiger partial charge on any atom is 0.119 e. The highest BCUT2D eigenvalue weighted by Crippen LogP contribution is 2.07. The van der Waals surface area contributed by atoms with Gasteiger partial charge in [-0.25, -0.2) is 0 Å². The van der Waals surface area contributed by atoms with Crippen molar-refractivity contribution in [3.05, 3.63) is 30.2 Å². The second-order valence-corrected chi connectivity index (χ2v) is 1.80. The van der Waals surface area contributed by atoms with E-state index in [0.29, 0.717) is 6.61 Å². The zero-order valence-electron chi connectivity index (χ0n) is 10.8. The van der Waals surface area contributed by atoms with Crippen molar-refractivity contribution < 1.29 is 11.6 Å². The molecule has 0 aliphatic heterocycles. The molecule has 0 heterocycles. The molecule has 1 aromatic carbocycles. The van der Waals surface area contributed by atoms with E-state index in [4.69, 9.17) is 11.6 Å². The summed E-state index contributed by atoms with van der Waals surface area (Å²) < 4.78 is 42.3. The third-order valence-electron chi connectivity index (χ3n) is 0.928. The Morgan fingerprint density at radius 3 is 2.70 bits per heavy atom. The summed E-state index contributed by atoms with van der Waals surface area (Å²) in [6.45, 7) is 2.23. The minimum atomic E-state index is -0.395. The molecule has 10 heavy (non-hydrogen) atoms. The van der Waals surface area contributed by atoms with E-state index in [2.05, 4.69) is 0 Å². The van der Waals surface area contributed by atoms with Gasteiger partial charge in [0.15, 0.2) is 0 Å². The number of para-hydroxylation sites is 1. The highest BCUT2D eigenvalue weighted by Gasteiger charge is 1.86. The highest BCUT2D eigenvalue weighted by atomic mass is 16.5. The summed E-state index contributed by atoms with van der Waals surface area (Å²) in [5.41, 5.74) is 0. The number of ether oxygens (including phenoxy) is 1. The molecule has 0 bridgehead atoms. The van der Waals surface area contributed by atoms with Gasteiger partial charge in [0.25, 0.3) is 0 Å². The molecule has 0 aliphatic carbocycles. The van der Waals surface area contributed by atoms with Crippen molar-refractivity contribution >= 4 is 0 Å². The van der Waals surface area contributed by atoms with Crippen LogP contribution in [0.15, 0.2) is 30.2 Å². The van der Waals surface area contributed by atoms with Crippen LogP contribution in [0.4, 0.5) is 0 Å².